The molecule has 0 saturated carbocycles. The van der Waals surface area contributed by atoms with Crippen molar-refractivity contribution in [2.75, 3.05) is 5.32 Å². The smallest absolute Gasteiger partial charge is 0.322 e. The maximum Gasteiger partial charge on any atom is 0.330 e. The van der Waals surface area contributed by atoms with Crippen LogP contribution < -0.4 is 16.6 Å². The largest absolute Gasteiger partial charge is 0.330 e. The van der Waals surface area contributed by atoms with Crippen molar-refractivity contribution in [3.63, 3.8) is 0 Å². The summed E-state index contributed by atoms with van der Waals surface area (Å²) < 4.78 is 2.06. The highest BCUT2D eigenvalue weighted by Crippen LogP contribution is 2.15. The van der Waals surface area contributed by atoms with Gasteiger partial charge in [-0.3, -0.25) is 14.2 Å². The van der Waals surface area contributed by atoms with Gasteiger partial charge in [0.1, 0.15) is 5.56 Å². The van der Waals surface area contributed by atoms with Crippen molar-refractivity contribution in [2.45, 2.75) is 0 Å². The summed E-state index contributed by atoms with van der Waals surface area (Å²) in [5.74, 6) is -0.594. The molecule has 6 nitrogen and oxygen atoms in total. The highest BCUT2D eigenvalue weighted by atomic mass is 35.5. The average molecular weight is 294 g/mol. The Morgan fingerprint density at radius 1 is 1.25 bits per heavy atom. The van der Waals surface area contributed by atoms with Crippen molar-refractivity contribution in [2.24, 2.45) is 14.1 Å². The first kappa shape index (κ1) is 14.1. The van der Waals surface area contributed by atoms with Crippen molar-refractivity contribution < 1.29 is 4.79 Å². The number of aryl methyl sites for hydroxylation is 1. The molecule has 20 heavy (non-hydrogen) atoms. The first-order valence-electron chi connectivity index (χ1n) is 5.73. The number of halogens is 1. The van der Waals surface area contributed by atoms with Crippen LogP contribution >= 0.6 is 11.6 Å². The summed E-state index contributed by atoms with van der Waals surface area (Å²) >= 11 is 5.81. The van der Waals surface area contributed by atoms with E-state index in [0.29, 0.717) is 10.7 Å². The number of nitrogens with zero attached hydrogens (tertiary/aromatic N) is 2. The van der Waals surface area contributed by atoms with E-state index in [0.717, 1.165) is 4.57 Å². The lowest BCUT2D eigenvalue weighted by Gasteiger charge is -2.08. The second kappa shape index (κ2) is 5.34. The molecule has 2 rings (SSSR count). The van der Waals surface area contributed by atoms with E-state index in [9.17, 15) is 14.4 Å². The molecule has 0 fully saturated rings. The summed E-state index contributed by atoms with van der Waals surface area (Å²) in [5, 5.41) is 3.03. The van der Waals surface area contributed by atoms with E-state index < -0.39 is 17.2 Å². The number of aromatic nitrogens is 2. The van der Waals surface area contributed by atoms with E-state index in [1.54, 1.807) is 24.3 Å². The predicted octanol–water partition coefficient (Wildman–Crippen LogP) is 0.990. The molecule has 1 N–H and O–H groups in total. The Balaban J connectivity index is 2.40. The molecule has 0 unspecified atom stereocenters. The van der Waals surface area contributed by atoms with E-state index in [4.69, 9.17) is 11.6 Å². The number of rotatable bonds is 2. The van der Waals surface area contributed by atoms with Crippen LogP contribution in [0.3, 0.4) is 0 Å². The Morgan fingerprint density at radius 3 is 2.60 bits per heavy atom. The first-order valence-corrected chi connectivity index (χ1v) is 6.11. The first-order chi connectivity index (χ1) is 9.40. The maximum atomic E-state index is 12.1. The summed E-state index contributed by atoms with van der Waals surface area (Å²) in [6, 6.07) is 6.56. The van der Waals surface area contributed by atoms with Crippen LogP contribution in [0, 0.1) is 0 Å². The van der Waals surface area contributed by atoms with Crippen LogP contribution in [0.5, 0.6) is 0 Å². The molecule has 0 aliphatic heterocycles. The van der Waals surface area contributed by atoms with Crippen molar-refractivity contribution in [3.8, 4) is 0 Å². The summed E-state index contributed by atoms with van der Waals surface area (Å²) in [5.41, 5.74) is -0.782. The monoisotopic (exact) mass is 293 g/mol. The third-order valence-corrected chi connectivity index (χ3v) is 3.01. The molecule has 0 aliphatic rings. The Kier molecular flexibility index (Phi) is 3.76. The van der Waals surface area contributed by atoms with E-state index in [-0.39, 0.29) is 5.56 Å². The Bertz CT molecular complexity index is 792. The zero-order valence-electron chi connectivity index (χ0n) is 10.9. The summed E-state index contributed by atoms with van der Waals surface area (Å²) in [7, 11) is 2.79. The molecule has 104 valence electrons. The molecule has 1 aromatic carbocycles. The number of carbonyl (C=O) groups is 1. The quantitative estimate of drug-likeness (QED) is 0.897. The molecule has 0 atom stereocenters. The van der Waals surface area contributed by atoms with Crippen LogP contribution in [0.1, 0.15) is 10.4 Å². The van der Waals surface area contributed by atoms with E-state index in [1.165, 1.54) is 24.9 Å². The van der Waals surface area contributed by atoms with Crippen LogP contribution in [0.15, 0.2) is 40.1 Å². The molecule has 1 amide bonds. The van der Waals surface area contributed by atoms with Gasteiger partial charge >= 0.3 is 5.69 Å². The SMILES string of the molecule is Cn1cc(C(=O)Nc2cccc(Cl)c2)c(=O)n(C)c1=O. The molecule has 2 aromatic rings. The second-order valence-electron chi connectivity index (χ2n) is 4.26. The topological polar surface area (TPSA) is 73.1 Å². The maximum absolute atomic E-state index is 12.1. The lowest BCUT2D eigenvalue weighted by atomic mass is 10.2. The minimum Gasteiger partial charge on any atom is -0.322 e. The van der Waals surface area contributed by atoms with E-state index in [2.05, 4.69) is 5.32 Å². The fraction of sp³-hybridized carbons (Fsp3) is 0.154. The Labute approximate surface area is 119 Å². The summed E-state index contributed by atoms with van der Waals surface area (Å²) in [4.78, 5) is 35.5. The molecular formula is C13H12ClN3O3. The molecule has 0 aliphatic carbocycles. The minimum atomic E-state index is -0.646. The van der Waals surface area contributed by atoms with Gasteiger partial charge in [-0.2, -0.15) is 0 Å². The number of amides is 1. The summed E-state index contributed by atoms with van der Waals surface area (Å²) in [6.07, 6.45) is 1.21. The van der Waals surface area contributed by atoms with Gasteiger partial charge in [0.15, 0.2) is 0 Å². The number of hydrogen-bond donors (Lipinski definition) is 1. The minimum absolute atomic E-state index is 0.116. The van der Waals surface area contributed by atoms with Gasteiger partial charge in [0.2, 0.25) is 0 Å². The number of anilines is 1. The van der Waals surface area contributed by atoms with Crippen LogP contribution in [-0.2, 0) is 14.1 Å². The molecule has 0 spiro atoms. The fourth-order valence-electron chi connectivity index (χ4n) is 1.73. The molecule has 0 radical (unpaired) electrons. The van der Waals surface area contributed by atoms with E-state index >= 15 is 0 Å². The van der Waals surface area contributed by atoms with Crippen LogP contribution in [0.4, 0.5) is 5.69 Å². The van der Waals surface area contributed by atoms with Gasteiger partial charge in [0.05, 0.1) is 0 Å². The van der Waals surface area contributed by atoms with Crippen molar-refractivity contribution in [3.05, 3.63) is 61.9 Å². The van der Waals surface area contributed by atoms with Crippen LogP contribution in [-0.4, -0.2) is 15.0 Å². The zero-order chi connectivity index (χ0) is 14.9. The van der Waals surface area contributed by atoms with Gasteiger partial charge in [0.25, 0.3) is 11.5 Å². The third kappa shape index (κ3) is 2.65. The highest BCUT2D eigenvalue weighted by molar-refractivity contribution is 6.30. The fourth-order valence-corrected chi connectivity index (χ4v) is 1.92. The van der Waals surface area contributed by atoms with Crippen molar-refractivity contribution >= 4 is 23.2 Å². The standard InChI is InChI=1S/C13H12ClN3O3/c1-16-7-10(12(19)17(2)13(16)20)11(18)15-9-5-3-4-8(14)6-9/h3-7H,1-2H3,(H,15,18). The average Bonchev–Trinajstić information content (AvgIpc) is 2.40. The van der Waals surface area contributed by atoms with Gasteiger partial charge in [-0.15, -0.1) is 0 Å². The van der Waals surface area contributed by atoms with Gasteiger partial charge in [-0.1, -0.05) is 17.7 Å². The Hall–Kier alpha value is -2.34. The lowest BCUT2D eigenvalue weighted by molar-refractivity contribution is 0.102. The molecule has 7 heteroatoms. The van der Waals surface area contributed by atoms with Crippen LogP contribution in [0.25, 0.3) is 0 Å². The molecule has 1 heterocycles. The lowest BCUT2D eigenvalue weighted by Crippen LogP contribution is -2.40. The number of benzene rings is 1. The molecule has 0 bridgehead atoms. The third-order valence-electron chi connectivity index (χ3n) is 2.77. The zero-order valence-corrected chi connectivity index (χ0v) is 11.6. The number of hydrogen-bond acceptors (Lipinski definition) is 3. The van der Waals surface area contributed by atoms with Gasteiger partial charge < -0.3 is 9.88 Å². The Morgan fingerprint density at radius 2 is 1.95 bits per heavy atom. The summed E-state index contributed by atoms with van der Waals surface area (Å²) in [6.45, 7) is 0. The highest BCUT2D eigenvalue weighted by Gasteiger charge is 2.14. The normalized spacial score (nSPS) is 10.3. The van der Waals surface area contributed by atoms with Crippen LogP contribution in [0.2, 0.25) is 5.02 Å². The van der Waals surface area contributed by atoms with E-state index in [1.807, 2.05) is 0 Å². The number of carbonyl (C=O) groups excluding carboxylic acids is 1. The van der Waals surface area contributed by atoms with Crippen molar-refractivity contribution in [1.82, 2.24) is 9.13 Å². The number of nitrogens with one attached hydrogen (secondary N) is 1. The molecular weight excluding hydrogens is 282 g/mol. The van der Waals surface area contributed by atoms with Gasteiger partial charge in [-0.25, -0.2) is 4.79 Å². The molecule has 1 aromatic heterocycles. The molecule has 0 saturated heterocycles. The predicted molar refractivity (Wildman–Crippen MR) is 76.3 cm³/mol. The van der Waals surface area contributed by atoms with Gasteiger partial charge in [0, 0.05) is 31.0 Å². The van der Waals surface area contributed by atoms with Gasteiger partial charge in [-0.05, 0) is 18.2 Å². The van der Waals surface area contributed by atoms with Crippen molar-refractivity contribution in [1.29, 1.82) is 0 Å². The second-order valence-corrected chi connectivity index (χ2v) is 4.70.